The average molecular weight is 382 g/mol. The maximum Gasteiger partial charge on any atom is 0.246 e. The van der Waals surface area contributed by atoms with E-state index in [1.807, 2.05) is 0 Å². The standard InChI is InChI=1S/C13H23N3O8S/c1-5(18)14-10(13(2,3)25-16-23)11(22)15-12-9(21)8(20)7(19)6(4-17)24-12/h6-10,12,17,19-21H,4H2,1-3H3,(H,14,18)(H,15,22)/t6-,7-,8+,9-,10-,12-/m1/s1/i16+1. The van der Waals surface area contributed by atoms with E-state index in [-0.39, 0.29) is 0 Å². The van der Waals surface area contributed by atoms with Crippen molar-refractivity contribution < 1.29 is 34.8 Å². The van der Waals surface area contributed by atoms with Gasteiger partial charge in [0, 0.05) is 23.5 Å². The first-order valence-corrected chi connectivity index (χ1v) is 8.21. The van der Waals surface area contributed by atoms with Crippen LogP contribution in [0.3, 0.4) is 0 Å². The zero-order valence-corrected chi connectivity index (χ0v) is 14.8. The van der Waals surface area contributed by atoms with Crippen LogP contribution in [0.25, 0.3) is 0 Å². The quantitative estimate of drug-likeness (QED) is 0.159. The Morgan fingerprint density at radius 2 is 1.84 bits per heavy atom. The summed E-state index contributed by atoms with van der Waals surface area (Å²) in [5.41, 5.74) is 0. The highest BCUT2D eigenvalue weighted by Gasteiger charge is 2.46. The third-order valence-corrected chi connectivity index (χ3v) is 4.54. The number of nitrogens with one attached hydrogen (secondary N) is 2. The molecular formula is C13H23N3O8S. The first-order valence-electron chi connectivity index (χ1n) is 7.44. The molecule has 25 heavy (non-hydrogen) atoms. The number of hydrogen-bond donors (Lipinski definition) is 6. The summed E-state index contributed by atoms with van der Waals surface area (Å²) in [5.74, 6) is -1.34. The van der Waals surface area contributed by atoms with Gasteiger partial charge >= 0.3 is 0 Å². The minimum Gasteiger partial charge on any atom is -0.394 e. The Kier molecular flexibility index (Phi) is 7.71. The smallest absolute Gasteiger partial charge is 0.246 e. The molecule has 6 N–H and O–H groups in total. The predicted molar refractivity (Wildman–Crippen MR) is 87.0 cm³/mol. The second kappa shape index (κ2) is 8.87. The van der Waals surface area contributed by atoms with Crippen LogP contribution in [-0.2, 0) is 14.3 Å². The van der Waals surface area contributed by atoms with Gasteiger partial charge in [-0.3, -0.25) is 9.59 Å². The maximum atomic E-state index is 12.5. The molecule has 1 rings (SSSR count). The van der Waals surface area contributed by atoms with Crippen molar-refractivity contribution >= 4 is 23.8 Å². The number of carbonyl (C=O) groups excluding carboxylic acids is 2. The van der Waals surface area contributed by atoms with Crippen molar-refractivity contribution in [1.82, 2.24) is 10.6 Å². The van der Waals surface area contributed by atoms with Crippen molar-refractivity contribution in [2.45, 2.75) is 62.2 Å². The highest BCUT2D eigenvalue weighted by molar-refractivity contribution is 7.99. The van der Waals surface area contributed by atoms with Crippen LogP contribution in [0, 0.1) is 4.91 Å². The van der Waals surface area contributed by atoms with Crippen molar-refractivity contribution in [2.75, 3.05) is 6.61 Å². The van der Waals surface area contributed by atoms with E-state index in [1.54, 1.807) is 0 Å². The molecule has 11 nitrogen and oxygen atoms in total. The van der Waals surface area contributed by atoms with Crippen molar-refractivity contribution in [2.24, 2.45) is 4.58 Å². The van der Waals surface area contributed by atoms with E-state index >= 15 is 0 Å². The van der Waals surface area contributed by atoms with E-state index in [9.17, 15) is 29.8 Å². The molecule has 0 aromatic carbocycles. The molecule has 0 unspecified atom stereocenters. The number of carbonyl (C=O) groups is 2. The lowest BCUT2D eigenvalue weighted by atomic mass is 9.97. The summed E-state index contributed by atoms with van der Waals surface area (Å²) in [6, 6.07) is -1.21. The summed E-state index contributed by atoms with van der Waals surface area (Å²) in [6.07, 6.45) is -7.52. The van der Waals surface area contributed by atoms with Crippen molar-refractivity contribution in [3.05, 3.63) is 4.91 Å². The molecule has 6 atom stereocenters. The number of amides is 2. The van der Waals surface area contributed by atoms with Crippen LogP contribution in [0.4, 0.5) is 0 Å². The Bertz CT molecular complexity index is 504. The minimum absolute atomic E-state index is 0.534. The van der Waals surface area contributed by atoms with Crippen LogP contribution >= 0.6 is 11.9 Å². The molecule has 0 saturated carbocycles. The summed E-state index contributed by atoms with van der Waals surface area (Å²) in [6.45, 7) is 3.55. The molecule has 1 saturated heterocycles. The van der Waals surface area contributed by atoms with Gasteiger partial charge in [0.25, 0.3) is 0 Å². The summed E-state index contributed by atoms with van der Waals surface area (Å²) in [5, 5.41) is 43.2. The Hall–Kier alpha value is -1.31. The van der Waals surface area contributed by atoms with Gasteiger partial charge in [-0.2, -0.15) is 0 Å². The average Bonchev–Trinajstić information content (AvgIpc) is 2.52. The Balaban J connectivity index is 2.94. The van der Waals surface area contributed by atoms with Crippen LogP contribution in [0.1, 0.15) is 20.8 Å². The molecule has 0 aromatic heterocycles. The van der Waals surface area contributed by atoms with Crippen LogP contribution in [0.2, 0.25) is 0 Å². The zero-order chi connectivity index (χ0) is 19.4. The number of nitroso groups, excluding NO2 is 1. The van der Waals surface area contributed by atoms with E-state index < -0.39 is 59.9 Å². The number of nitrogens with zero attached hydrogens (tertiary/aromatic N) is 1. The third-order valence-electron chi connectivity index (χ3n) is 3.75. The van der Waals surface area contributed by atoms with Gasteiger partial charge in [0.05, 0.1) is 11.4 Å². The Morgan fingerprint density at radius 3 is 2.32 bits per heavy atom. The lowest BCUT2D eigenvalue weighted by molar-refractivity contribution is -0.236. The first-order chi connectivity index (χ1) is 11.5. The second-order valence-electron chi connectivity index (χ2n) is 6.16. The molecule has 1 aliphatic rings. The predicted octanol–water partition coefficient (Wildman–Crippen LogP) is -2.40. The number of rotatable bonds is 7. The fourth-order valence-corrected chi connectivity index (χ4v) is 2.81. The largest absolute Gasteiger partial charge is 0.394 e. The molecule has 0 bridgehead atoms. The molecule has 12 heteroatoms. The minimum atomic E-state index is -1.67. The summed E-state index contributed by atoms with van der Waals surface area (Å²) in [4.78, 5) is 34.4. The van der Waals surface area contributed by atoms with Gasteiger partial charge in [-0.15, -0.1) is 4.91 Å². The van der Waals surface area contributed by atoms with Gasteiger partial charge in [0.1, 0.15) is 30.5 Å². The van der Waals surface area contributed by atoms with Gasteiger partial charge in [-0.25, -0.2) is 0 Å². The van der Waals surface area contributed by atoms with E-state index in [0.29, 0.717) is 11.9 Å². The molecule has 1 fully saturated rings. The first kappa shape index (κ1) is 21.7. The van der Waals surface area contributed by atoms with Gasteiger partial charge in [0.2, 0.25) is 11.8 Å². The maximum absolute atomic E-state index is 12.5. The Morgan fingerprint density at radius 1 is 1.24 bits per heavy atom. The monoisotopic (exact) mass is 382 g/mol. The number of hydrogen-bond acceptors (Lipinski definition) is 10. The fraction of sp³-hybridized carbons (Fsp3) is 0.846. The summed E-state index contributed by atoms with van der Waals surface area (Å²) >= 11 is 0.542. The SMILES string of the molecule is CC(=O)N[C@H](C(=O)N[C@@H]1O[C@H](CO)[C@@H](O)[C@H](O)[C@H]1O)C(C)(C)S[15N]=O. The molecule has 1 aliphatic heterocycles. The highest BCUT2D eigenvalue weighted by Crippen LogP contribution is 2.29. The van der Waals surface area contributed by atoms with Crippen LogP contribution < -0.4 is 10.6 Å². The number of aliphatic hydroxyl groups is 4. The molecule has 0 spiro atoms. The molecule has 0 aliphatic carbocycles. The fourth-order valence-electron chi connectivity index (χ4n) is 2.35. The Labute approximate surface area is 148 Å². The van der Waals surface area contributed by atoms with E-state index in [0.717, 1.165) is 0 Å². The molecule has 0 aromatic rings. The van der Waals surface area contributed by atoms with Crippen molar-refractivity contribution in [1.29, 1.82) is 0 Å². The highest BCUT2D eigenvalue weighted by atomic mass is 32.2. The second-order valence-corrected chi connectivity index (χ2v) is 7.54. The molecule has 0 radical (unpaired) electrons. The number of aliphatic hydroxyl groups excluding tert-OH is 4. The van der Waals surface area contributed by atoms with Crippen LogP contribution in [-0.4, -0.2) is 80.3 Å². The van der Waals surface area contributed by atoms with Gasteiger partial charge in [0.15, 0.2) is 6.23 Å². The van der Waals surface area contributed by atoms with Crippen molar-refractivity contribution in [3.8, 4) is 0 Å². The lowest BCUT2D eigenvalue weighted by Crippen LogP contribution is -2.66. The van der Waals surface area contributed by atoms with E-state index in [4.69, 9.17) is 9.84 Å². The van der Waals surface area contributed by atoms with Gasteiger partial charge in [-0.1, -0.05) is 0 Å². The molecule has 2 amide bonds. The van der Waals surface area contributed by atoms with Gasteiger partial charge in [-0.05, 0) is 13.8 Å². The summed E-state index contributed by atoms with van der Waals surface area (Å²) < 4.78 is 6.74. The summed E-state index contributed by atoms with van der Waals surface area (Å²) in [7, 11) is 0. The zero-order valence-electron chi connectivity index (χ0n) is 13.9. The van der Waals surface area contributed by atoms with E-state index in [2.05, 4.69) is 15.2 Å². The molecule has 1 heterocycles. The van der Waals surface area contributed by atoms with E-state index in [1.165, 1.54) is 20.8 Å². The van der Waals surface area contributed by atoms with Crippen LogP contribution in [0.15, 0.2) is 4.58 Å². The molecule has 144 valence electrons. The molecular weight excluding hydrogens is 359 g/mol. The topological polar surface area (TPSA) is 178 Å². The van der Waals surface area contributed by atoms with Crippen molar-refractivity contribution in [3.63, 3.8) is 0 Å². The van der Waals surface area contributed by atoms with Crippen LogP contribution in [0.5, 0.6) is 0 Å². The third kappa shape index (κ3) is 5.33. The normalized spacial score (nSPS) is 31.1. The lowest BCUT2D eigenvalue weighted by Gasteiger charge is -2.41. The van der Waals surface area contributed by atoms with Gasteiger partial charge < -0.3 is 35.8 Å². The number of ether oxygens (including phenoxy) is 1.